The van der Waals surface area contributed by atoms with Crippen molar-refractivity contribution in [3.63, 3.8) is 0 Å². The van der Waals surface area contributed by atoms with Gasteiger partial charge in [0.15, 0.2) is 6.10 Å². The Morgan fingerprint density at radius 3 is 2.70 bits per heavy atom. The summed E-state index contributed by atoms with van der Waals surface area (Å²) in [6.07, 6.45) is -0.592. The minimum atomic E-state index is -0.592. The molecule has 7 heteroatoms. The predicted molar refractivity (Wildman–Crippen MR) is 89.8 cm³/mol. The van der Waals surface area contributed by atoms with Gasteiger partial charge in [0.05, 0.1) is 4.88 Å². The minimum Gasteiger partial charge on any atom is -0.448 e. The van der Waals surface area contributed by atoms with Gasteiger partial charge < -0.3 is 9.15 Å². The Hall–Kier alpha value is -1.99. The third-order valence-electron chi connectivity index (χ3n) is 3.31. The first-order valence-corrected chi connectivity index (χ1v) is 8.98. The number of rotatable bonds is 5. The lowest BCUT2D eigenvalue weighted by Crippen LogP contribution is -2.10. The number of carbonyl (C=O) groups is 1. The van der Waals surface area contributed by atoms with Gasteiger partial charge in [0.25, 0.3) is 11.8 Å². The van der Waals surface area contributed by atoms with Crippen LogP contribution in [0, 0.1) is 0 Å². The first-order chi connectivity index (χ1) is 11.1. The van der Waals surface area contributed by atoms with Gasteiger partial charge in [-0.15, -0.1) is 32.9 Å². The first-order valence-electron chi connectivity index (χ1n) is 7.22. The summed E-state index contributed by atoms with van der Waals surface area (Å²) in [5.74, 6) is 0.654. The van der Waals surface area contributed by atoms with Gasteiger partial charge in [-0.1, -0.05) is 19.9 Å². The Morgan fingerprint density at radius 1 is 1.17 bits per heavy atom. The van der Waals surface area contributed by atoms with Gasteiger partial charge in [0, 0.05) is 0 Å². The maximum atomic E-state index is 12.4. The molecular weight excluding hydrogens is 332 g/mol. The molecule has 3 aromatic heterocycles. The summed E-state index contributed by atoms with van der Waals surface area (Å²) in [5.41, 5.74) is 0.997. The van der Waals surface area contributed by atoms with Crippen molar-refractivity contribution >= 4 is 28.6 Å². The standard InChI is InChI=1S/C16H16N2O3S2/c1-9(2)11-6-8-23-13(11)16(19)20-10(3)14-17-18-15(21-14)12-5-4-7-22-12/h4-10H,1-3H3/t10-/m1/s1. The molecule has 3 heterocycles. The van der Waals surface area contributed by atoms with Crippen LogP contribution in [-0.4, -0.2) is 16.2 Å². The average molecular weight is 348 g/mol. The summed E-state index contributed by atoms with van der Waals surface area (Å²) in [5, 5.41) is 11.8. The van der Waals surface area contributed by atoms with E-state index >= 15 is 0 Å². The van der Waals surface area contributed by atoms with Crippen molar-refractivity contribution in [3.8, 4) is 10.8 Å². The third kappa shape index (κ3) is 3.35. The van der Waals surface area contributed by atoms with E-state index < -0.39 is 6.10 Å². The molecule has 0 saturated heterocycles. The molecule has 0 radical (unpaired) electrons. The van der Waals surface area contributed by atoms with E-state index in [1.165, 1.54) is 22.7 Å². The normalized spacial score (nSPS) is 12.5. The zero-order valence-electron chi connectivity index (χ0n) is 13.0. The third-order valence-corrected chi connectivity index (χ3v) is 5.08. The molecule has 0 N–H and O–H groups in total. The zero-order chi connectivity index (χ0) is 16.4. The molecule has 0 amide bonds. The van der Waals surface area contributed by atoms with E-state index in [4.69, 9.17) is 9.15 Å². The Bertz CT molecular complexity index is 790. The van der Waals surface area contributed by atoms with Crippen LogP contribution < -0.4 is 0 Å². The summed E-state index contributed by atoms with van der Waals surface area (Å²) >= 11 is 2.90. The SMILES string of the molecule is CC(C)c1ccsc1C(=O)O[C@H](C)c1nnc(-c2cccs2)o1. The summed E-state index contributed by atoms with van der Waals surface area (Å²) in [7, 11) is 0. The van der Waals surface area contributed by atoms with Crippen molar-refractivity contribution in [2.75, 3.05) is 0 Å². The molecule has 23 heavy (non-hydrogen) atoms. The first kappa shape index (κ1) is 15.9. The molecule has 0 spiro atoms. The highest BCUT2D eigenvalue weighted by Crippen LogP contribution is 2.29. The lowest BCUT2D eigenvalue weighted by atomic mass is 10.0. The average Bonchev–Trinajstić information content (AvgIpc) is 3.25. The molecule has 0 bridgehead atoms. The topological polar surface area (TPSA) is 65.2 Å². The van der Waals surface area contributed by atoms with Crippen LogP contribution in [0.3, 0.4) is 0 Å². The van der Waals surface area contributed by atoms with E-state index in [2.05, 4.69) is 10.2 Å². The Morgan fingerprint density at radius 2 is 2.00 bits per heavy atom. The maximum Gasteiger partial charge on any atom is 0.349 e. The lowest BCUT2D eigenvalue weighted by Gasteiger charge is -2.10. The van der Waals surface area contributed by atoms with Crippen LogP contribution in [0.1, 0.15) is 53.9 Å². The second-order valence-electron chi connectivity index (χ2n) is 5.33. The summed E-state index contributed by atoms with van der Waals surface area (Å²) in [4.78, 5) is 13.9. The fourth-order valence-electron chi connectivity index (χ4n) is 2.10. The van der Waals surface area contributed by atoms with Crippen LogP contribution >= 0.6 is 22.7 Å². The van der Waals surface area contributed by atoms with Crippen LogP contribution in [-0.2, 0) is 4.74 Å². The Balaban J connectivity index is 1.73. The molecule has 0 saturated carbocycles. The Labute approximate surface area is 141 Å². The number of esters is 1. The van der Waals surface area contributed by atoms with Gasteiger partial charge in [0.2, 0.25) is 0 Å². The smallest absolute Gasteiger partial charge is 0.349 e. The van der Waals surface area contributed by atoms with Crippen molar-refractivity contribution in [3.05, 3.63) is 45.3 Å². The van der Waals surface area contributed by atoms with Crippen molar-refractivity contribution in [2.24, 2.45) is 0 Å². The molecule has 0 aliphatic heterocycles. The van der Waals surface area contributed by atoms with E-state index in [0.717, 1.165) is 10.4 Å². The maximum absolute atomic E-state index is 12.4. The van der Waals surface area contributed by atoms with E-state index in [9.17, 15) is 4.79 Å². The number of ether oxygens (including phenoxy) is 1. The van der Waals surface area contributed by atoms with E-state index in [0.29, 0.717) is 16.7 Å². The van der Waals surface area contributed by atoms with E-state index in [1.807, 2.05) is 42.8 Å². The lowest BCUT2D eigenvalue weighted by molar-refractivity contribution is 0.0284. The molecule has 120 valence electrons. The monoisotopic (exact) mass is 348 g/mol. The number of hydrogen-bond donors (Lipinski definition) is 0. The van der Waals surface area contributed by atoms with Gasteiger partial charge >= 0.3 is 5.97 Å². The van der Waals surface area contributed by atoms with Gasteiger partial charge in [-0.05, 0) is 41.3 Å². The van der Waals surface area contributed by atoms with Gasteiger partial charge in [-0.2, -0.15) is 0 Å². The van der Waals surface area contributed by atoms with E-state index in [-0.39, 0.29) is 11.9 Å². The van der Waals surface area contributed by atoms with Crippen LogP contribution in [0.4, 0.5) is 0 Å². The number of thiophene rings is 2. The minimum absolute atomic E-state index is 0.271. The van der Waals surface area contributed by atoms with Crippen LogP contribution in [0.5, 0.6) is 0 Å². The van der Waals surface area contributed by atoms with Crippen molar-refractivity contribution < 1.29 is 13.9 Å². The summed E-state index contributed by atoms with van der Waals surface area (Å²) < 4.78 is 11.1. The molecule has 1 atom stereocenters. The molecule has 0 aliphatic carbocycles. The van der Waals surface area contributed by atoms with Crippen LogP contribution in [0.2, 0.25) is 0 Å². The largest absolute Gasteiger partial charge is 0.448 e. The highest BCUT2D eigenvalue weighted by atomic mass is 32.1. The zero-order valence-corrected chi connectivity index (χ0v) is 14.6. The number of aromatic nitrogens is 2. The molecule has 5 nitrogen and oxygen atoms in total. The quantitative estimate of drug-likeness (QED) is 0.614. The van der Waals surface area contributed by atoms with Crippen molar-refractivity contribution in [1.82, 2.24) is 10.2 Å². The Kier molecular flexibility index (Phi) is 4.58. The molecule has 0 aromatic carbocycles. The molecule has 0 fully saturated rings. The molecule has 0 aliphatic rings. The molecular formula is C16H16N2O3S2. The van der Waals surface area contributed by atoms with Gasteiger partial charge in [-0.3, -0.25) is 0 Å². The summed E-state index contributed by atoms with van der Waals surface area (Å²) in [6.45, 7) is 5.83. The van der Waals surface area contributed by atoms with Crippen LogP contribution in [0.25, 0.3) is 10.8 Å². The molecule has 3 rings (SSSR count). The predicted octanol–water partition coefficient (Wildman–Crippen LogP) is 4.90. The highest BCUT2D eigenvalue weighted by Gasteiger charge is 2.23. The summed E-state index contributed by atoms with van der Waals surface area (Å²) in [6, 6.07) is 5.77. The second kappa shape index (κ2) is 6.64. The second-order valence-corrected chi connectivity index (χ2v) is 7.19. The van der Waals surface area contributed by atoms with Gasteiger partial charge in [0.1, 0.15) is 4.88 Å². The van der Waals surface area contributed by atoms with Crippen molar-refractivity contribution in [2.45, 2.75) is 32.8 Å². The number of hydrogen-bond acceptors (Lipinski definition) is 7. The number of nitrogens with zero attached hydrogens (tertiary/aromatic N) is 2. The van der Waals surface area contributed by atoms with E-state index in [1.54, 1.807) is 6.92 Å². The molecule has 0 unspecified atom stereocenters. The van der Waals surface area contributed by atoms with Crippen molar-refractivity contribution in [1.29, 1.82) is 0 Å². The molecule has 3 aromatic rings. The van der Waals surface area contributed by atoms with Gasteiger partial charge in [-0.25, -0.2) is 4.79 Å². The highest BCUT2D eigenvalue weighted by molar-refractivity contribution is 7.13. The van der Waals surface area contributed by atoms with Crippen LogP contribution in [0.15, 0.2) is 33.4 Å². The fourth-order valence-corrected chi connectivity index (χ4v) is 3.68. The number of carbonyl (C=O) groups excluding carboxylic acids is 1. The fraction of sp³-hybridized carbons (Fsp3) is 0.312.